The fourth-order valence-electron chi connectivity index (χ4n) is 2.99. The molecule has 90 valence electrons. The lowest BCUT2D eigenvalue weighted by atomic mass is 9.80. The minimum absolute atomic E-state index is 0.321. The van der Waals surface area contributed by atoms with E-state index in [-0.39, 0.29) is 0 Å². The van der Waals surface area contributed by atoms with Gasteiger partial charge in [0.25, 0.3) is 0 Å². The van der Waals surface area contributed by atoms with Crippen LogP contribution in [0, 0.1) is 0 Å². The van der Waals surface area contributed by atoms with Gasteiger partial charge in [-0.15, -0.1) is 0 Å². The minimum atomic E-state index is 0.321. The molecule has 1 aromatic heterocycles. The van der Waals surface area contributed by atoms with Gasteiger partial charge in [0.2, 0.25) is 0 Å². The van der Waals surface area contributed by atoms with E-state index >= 15 is 0 Å². The van der Waals surface area contributed by atoms with E-state index in [9.17, 15) is 0 Å². The third kappa shape index (κ3) is 1.91. The Morgan fingerprint density at radius 3 is 2.88 bits per heavy atom. The van der Waals surface area contributed by atoms with E-state index in [1.165, 1.54) is 35.7 Å². The second kappa shape index (κ2) is 4.46. The molecule has 1 fully saturated rings. The highest BCUT2D eigenvalue weighted by Crippen LogP contribution is 2.37. The summed E-state index contributed by atoms with van der Waals surface area (Å²) in [4.78, 5) is 3.37. The van der Waals surface area contributed by atoms with Crippen molar-refractivity contribution in [1.82, 2.24) is 4.98 Å². The second-order valence-corrected chi connectivity index (χ2v) is 5.82. The van der Waals surface area contributed by atoms with E-state index < -0.39 is 0 Å². The highest BCUT2D eigenvalue weighted by Gasteiger charge is 2.25. The molecular weight excluding hydrogens is 276 g/mol. The molecule has 3 rings (SSSR count). The van der Waals surface area contributed by atoms with E-state index in [0.29, 0.717) is 12.0 Å². The van der Waals surface area contributed by atoms with E-state index in [4.69, 9.17) is 5.73 Å². The van der Waals surface area contributed by atoms with E-state index in [0.717, 1.165) is 10.9 Å². The molecule has 3 heteroatoms. The van der Waals surface area contributed by atoms with Crippen LogP contribution in [0.4, 0.5) is 0 Å². The number of aromatic nitrogens is 1. The third-order valence-corrected chi connectivity index (χ3v) is 4.58. The Balaban J connectivity index is 2.08. The number of halogens is 1. The number of benzene rings is 1. The summed E-state index contributed by atoms with van der Waals surface area (Å²) in [5.41, 5.74) is 8.87. The lowest BCUT2D eigenvalue weighted by Gasteiger charge is -2.28. The van der Waals surface area contributed by atoms with Crippen molar-refractivity contribution < 1.29 is 0 Å². The Kier molecular flexibility index (Phi) is 2.97. The zero-order valence-electron chi connectivity index (χ0n) is 9.75. The van der Waals surface area contributed by atoms with Crippen molar-refractivity contribution in [2.75, 3.05) is 0 Å². The Bertz CT molecular complexity index is 532. The maximum atomic E-state index is 6.27. The molecule has 1 aliphatic carbocycles. The first kappa shape index (κ1) is 11.3. The van der Waals surface area contributed by atoms with Crippen LogP contribution in [0.25, 0.3) is 10.9 Å². The number of nitrogens with one attached hydrogen (secondary N) is 1. The van der Waals surface area contributed by atoms with Gasteiger partial charge in [-0.1, -0.05) is 25.0 Å². The molecule has 0 bridgehead atoms. The summed E-state index contributed by atoms with van der Waals surface area (Å²) < 4.78 is 1.13. The Morgan fingerprint density at radius 1 is 1.24 bits per heavy atom. The predicted molar refractivity (Wildman–Crippen MR) is 75.2 cm³/mol. The summed E-state index contributed by atoms with van der Waals surface area (Å²) in [7, 11) is 0. The van der Waals surface area contributed by atoms with Crippen LogP contribution in [-0.2, 0) is 0 Å². The molecule has 17 heavy (non-hydrogen) atoms. The van der Waals surface area contributed by atoms with Gasteiger partial charge in [-0.3, -0.25) is 0 Å². The fraction of sp³-hybridized carbons (Fsp3) is 0.429. The van der Waals surface area contributed by atoms with Gasteiger partial charge in [-0.05, 0) is 40.4 Å². The Labute approximate surface area is 110 Å². The van der Waals surface area contributed by atoms with Crippen molar-refractivity contribution in [1.29, 1.82) is 0 Å². The molecule has 0 radical (unpaired) electrons. The van der Waals surface area contributed by atoms with Gasteiger partial charge >= 0.3 is 0 Å². The molecule has 0 amide bonds. The maximum Gasteiger partial charge on any atom is 0.0601 e. The summed E-state index contributed by atoms with van der Waals surface area (Å²) in [6, 6.07) is 6.68. The minimum Gasteiger partial charge on any atom is -0.360 e. The van der Waals surface area contributed by atoms with Crippen LogP contribution < -0.4 is 5.73 Å². The monoisotopic (exact) mass is 292 g/mol. The van der Waals surface area contributed by atoms with Gasteiger partial charge in [-0.25, -0.2) is 0 Å². The van der Waals surface area contributed by atoms with Gasteiger partial charge in [0, 0.05) is 28.0 Å². The number of hydrogen-bond acceptors (Lipinski definition) is 1. The molecule has 1 aliphatic rings. The molecule has 2 nitrogen and oxygen atoms in total. The fourth-order valence-corrected chi connectivity index (χ4v) is 3.47. The quantitative estimate of drug-likeness (QED) is 0.822. The van der Waals surface area contributed by atoms with Crippen LogP contribution in [0.2, 0.25) is 0 Å². The zero-order valence-corrected chi connectivity index (χ0v) is 11.3. The van der Waals surface area contributed by atoms with Crippen molar-refractivity contribution in [3.63, 3.8) is 0 Å². The van der Waals surface area contributed by atoms with Crippen LogP contribution in [-0.4, -0.2) is 11.0 Å². The highest BCUT2D eigenvalue weighted by atomic mass is 79.9. The number of rotatable bonds is 1. The number of H-pyrrole nitrogens is 1. The first-order valence-corrected chi connectivity index (χ1v) is 7.08. The molecule has 1 saturated carbocycles. The van der Waals surface area contributed by atoms with Gasteiger partial charge in [-0.2, -0.15) is 0 Å². The summed E-state index contributed by atoms with van der Waals surface area (Å²) in [5, 5.41) is 1.32. The Morgan fingerprint density at radius 2 is 2.06 bits per heavy atom. The van der Waals surface area contributed by atoms with Crippen molar-refractivity contribution in [3.8, 4) is 0 Å². The summed E-state index contributed by atoms with van der Waals surface area (Å²) in [5.74, 6) is 0.520. The van der Waals surface area contributed by atoms with Crippen molar-refractivity contribution >= 4 is 26.8 Å². The van der Waals surface area contributed by atoms with Crippen molar-refractivity contribution in [3.05, 3.63) is 34.4 Å². The first-order valence-electron chi connectivity index (χ1n) is 6.28. The van der Waals surface area contributed by atoms with Gasteiger partial charge in [0.15, 0.2) is 0 Å². The van der Waals surface area contributed by atoms with Crippen LogP contribution in [0.5, 0.6) is 0 Å². The molecule has 1 aromatic carbocycles. The van der Waals surface area contributed by atoms with Crippen LogP contribution in [0.1, 0.15) is 37.2 Å². The molecule has 0 aliphatic heterocycles. The average Bonchev–Trinajstić information content (AvgIpc) is 2.75. The van der Waals surface area contributed by atoms with Crippen LogP contribution in [0.15, 0.2) is 28.9 Å². The zero-order chi connectivity index (χ0) is 11.8. The van der Waals surface area contributed by atoms with E-state index in [1.807, 2.05) is 0 Å². The van der Waals surface area contributed by atoms with Crippen molar-refractivity contribution in [2.24, 2.45) is 5.73 Å². The summed E-state index contributed by atoms with van der Waals surface area (Å²) in [6.07, 6.45) is 7.11. The number of nitrogens with two attached hydrogens (primary N) is 1. The summed E-state index contributed by atoms with van der Waals surface area (Å²) >= 11 is 3.59. The molecule has 0 spiro atoms. The standard InChI is InChI=1S/C14H17BrN2/c15-12-6-3-5-10-11(8-17-14(10)12)9-4-1-2-7-13(9)16/h3,5-6,8-9,13,17H,1-2,4,7,16H2. The number of hydrogen-bond donors (Lipinski definition) is 2. The first-order chi connectivity index (χ1) is 8.27. The maximum absolute atomic E-state index is 6.27. The topological polar surface area (TPSA) is 41.8 Å². The SMILES string of the molecule is NC1CCCCC1c1c[nH]c2c(Br)cccc12. The predicted octanol–water partition coefficient (Wildman–Crippen LogP) is 3.92. The van der Waals surface area contributed by atoms with Crippen LogP contribution >= 0.6 is 15.9 Å². The molecule has 3 N–H and O–H groups in total. The number of fused-ring (bicyclic) bond motifs is 1. The van der Waals surface area contributed by atoms with E-state index in [1.54, 1.807) is 0 Å². The summed E-state index contributed by atoms with van der Waals surface area (Å²) in [6.45, 7) is 0. The van der Waals surface area contributed by atoms with Gasteiger partial charge < -0.3 is 10.7 Å². The average molecular weight is 293 g/mol. The lowest BCUT2D eigenvalue weighted by molar-refractivity contribution is 0.387. The van der Waals surface area contributed by atoms with E-state index in [2.05, 4.69) is 45.3 Å². The normalized spacial score (nSPS) is 25.3. The molecule has 0 saturated heterocycles. The third-order valence-electron chi connectivity index (χ3n) is 3.92. The molecule has 2 aromatic rings. The molecule has 1 heterocycles. The highest BCUT2D eigenvalue weighted by molar-refractivity contribution is 9.10. The molecule has 2 atom stereocenters. The van der Waals surface area contributed by atoms with Gasteiger partial charge in [0.1, 0.15) is 0 Å². The number of aromatic amines is 1. The number of para-hydroxylation sites is 1. The molecule has 2 unspecified atom stereocenters. The second-order valence-electron chi connectivity index (χ2n) is 4.96. The van der Waals surface area contributed by atoms with Gasteiger partial charge in [0.05, 0.1) is 5.52 Å². The van der Waals surface area contributed by atoms with Crippen LogP contribution in [0.3, 0.4) is 0 Å². The smallest absolute Gasteiger partial charge is 0.0601 e. The lowest BCUT2D eigenvalue weighted by Crippen LogP contribution is -2.31. The molecular formula is C14H17BrN2. The Hall–Kier alpha value is -0.800. The largest absolute Gasteiger partial charge is 0.360 e. The van der Waals surface area contributed by atoms with Crippen molar-refractivity contribution in [2.45, 2.75) is 37.6 Å².